The molecule has 1 aliphatic heterocycles. The number of halogens is 3. The fourth-order valence-corrected chi connectivity index (χ4v) is 2.51. The van der Waals surface area contributed by atoms with E-state index in [2.05, 4.69) is 5.32 Å². The molecule has 1 atom stereocenters. The molecule has 0 aliphatic carbocycles. The van der Waals surface area contributed by atoms with Crippen LogP contribution in [0.15, 0.2) is 36.5 Å². The second kappa shape index (κ2) is 4.05. The number of nitrogens with one attached hydrogen (secondary N) is 1. The second-order valence-electron chi connectivity index (χ2n) is 4.64. The third-order valence-corrected chi connectivity index (χ3v) is 3.46. The van der Waals surface area contributed by atoms with Crippen molar-refractivity contribution in [3.8, 4) is 5.69 Å². The van der Waals surface area contributed by atoms with Gasteiger partial charge in [0.1, 0.15) is 0 Å². The van der Waals surface area contributed by atoms with Gasteiger partial charge < -0.3 is 9.88 Å². The van der Waals surface area contributed by atoms with Crippen molar-refractivity contribution < 1.29 is 13.2 Å². The summed E-state index contributed by atoms with van der Waals surface area (Å²) in [6.07, 6.45) is -1.61. The highest BCUT2D eigenvalue weighted by atomic mass is 19.4. The smallest absolute Gasteiger partial charge is 0.375 e. The van der Waals surface area contributed by atoms with Gasteiger partial charge in [-0.05, 0) is 36.8 Å². The van der Waals surface area contributed by atoms with Gasteiger partial charge in [0, 0.05) is 11.9 Å². The first-order chi connectivity index (χ1) is 9.00. The van der Waals surface area contributed by atoms with E-state index in [-0.39, 0.29) is 6.04 Å². The van der Waals surface area contributed by atoms with Crippen LogP contribution in [-0.2, 0) is 6.18 Å². The minimum atomic E-state index is -4.31. The summed E-state index contributed by atoms with van der Waals surface area (Å²) < 4.78 is 40.2. The Morgan fingerprint density at radius 1 is 1.26 bits per heavy atom. The SMILES string of the molecule is CCC1Nc2cc(C(F)(F)F)ccc2-n2cccc21. The van der Waals surface area contributed by atoms with Gasteiger partial charge in [-0.1, -0.05) is 6.92 Å². The molecule has 0 spiro atoms. The molecule has 2 heterocycles. The molecule has 0 radical (unpaired) electrons. The molecule has 19 heavy (non-hydrogen) atoms. The van der Waals surface area contributed by atoms with Crippen molar-refractivity contribution in [3.63, 3.8) is 0 Å². The van der Waals surface area contributed by atoms with Gasteiger partial charge >= 0.3 is 6.18 Å². The van der Waals surface area contributed by atoms with Gasteiger partial charge in [-0.2, -0.15) is 13.2 Å². The predicted octanol–water partition coefficient (Wildman–Crippen LogP) is 4.37. The zero-order chi connectivity index (χ0) is 13.6. The maximum Gasteiger partial charge on any atom is 0.416 e. The van der Waals surface area contributed by atoms with E-state index < -0.39 is 11.7 Å². The number of rotatable bonds is 1. The first kappa shape index (κ1) is 12.1. The van der Waals surface area contributed by atoms with Crippen LogP contribution in [0, 0.1) is 0 Å². The number of benzene rings is 1. The van der Waals surface area contributed by atoms with Crippen LogP contribution in [-0.4, -0.2) is 4.57 Å². The lowest BCUT2D eigenvalue weighted by molar-refractivity contribution is -0.137. The molecule has 0 fully saturated rings. The summed E-state index contributed by atoms with van der Waals surface area (Å²) in [7, 11) is 0. The highest BCUT2D eigenvalue weighted by Gasteiger charge is 2.32. The molecule has 0 saturated heterocycles. The third-order valence-electron chi connectivity index (χ3n) is 3.46. The summed E-state index contributed by atoms with van der Waals surface area (Å²) in [4.78, 5) is 0. The first-order valence-electron chi connectivity index (χ1n) is 6.16. The largest absolute Gasteiger partial charge is 0.416 e. The lowest BCUT2D eigenvalue weighted by Gasteiger charge is -2.29. The molecule has 0 bridgehead atoms. The number of aromatic nitrogens is 1. The topological polar surface area (TPSA) is 17.0 Å². The van der Waals surface area contributed by atoms with Gasteiger partial charge in [-0.25, -0.2) is 0 Å². The van der Waals surface area contributed by atoms with Gasteiger partial charge in [-0.3, -0.25) is 0 Å². The van der Waals surface area contributed by atoms with Crippen LogP contribution in [0.4, 0.5) is 18.9 Å². The van der Waals surface area contributed by atoms with Crippen LogP contribution in [0.1, 0.15) is 30.6 Å². The summed E-state index contributed by atoms with van der Waals surface area (Å²) in [6, 6.07) is 7.76. The number of anilines is 1. The minimum Gasteiger partial charge on any atom is -0.375 e. The molecule has 2 aromatic rings. The zero-order valence-electron chi connectivity index (χ0n) is 10.3. The Bertz CT molecular complexity index is 613. The maximum atomic E-state index is 12.7. The third kappa shape index (κ3) is 1.89. The number of fused-ring (bicyclic) bond motifs is 3. The fourth-order valence-electron chi connectivity index (χ4n) is 2.51. The van der Waals surface area contributed by atoms with E-state index in [1.807, 2.05) is 29.8 Å². The Morgan fingerprint density at radius 3 is 2.74 bits per heavy atom. The number of alkyl halides is 3. The molecule has 2 nitrogen and oxygen atoms in total. The summed E-state index contributed by atoms with van der Waals surface area (Å²) in [5.41, 5.74) is 1.75. The van der Waals surface area contributed by atoms with Crippen molar-refractivity contribution >= 4 is 5.69 Å². The normalized spacial score (nSPS) is 17.6. The second-order valence-corrected chi connectivity index (χ2v) is 4.64. The van der Waals surface area contributed by atoms with Gasteiger partial charge in [0.15, 0.2) is 0 Å². The number of nitrogens with zero attached hydrogens (tertiary/aromatic N) is 1. The van der Waals surface area contributed by atoms with E-state index in [1.54, 1.807) is 0 Å². The Labute approximate surface area is 108 Å². The van der Waals surface area contributed by atoms with Gasteiger partial charge in [0.25, 0.3) is 0 Å². The molecule has 100 valence electrons. The minimum absolute atomic E-state index is 0.0472. The Balaban J connectivity index is 2.14. The molecule has 3 rings (SSSR count). The van der Waals surface area contributed by atoms with Crippen LogP contribution in [0.2, 0.25) is 0 Å². The lowest BCUT2D eigenvalue weighted by atomic mass is 10.0. The molecule has 1 unspecified atom stereocenters. The molecule has 1 aromatic carbocycles. The fraction of sp³-hybridized carbons (Fsp3) is 0.286. The van der Waals surface area contributed by atoms with Gasteiger partial charge in [0.05, 0.1) is 23.0 Å². The van der Waals surface area contributed by atoms with Crippen molar-refractivity contribution in [3.05, 3.63) is 47.8 Å². The zero-order valence-corrected chi connectivity index (χ0v) is 10.3. The average Bonchev–Trinajstić information content (AvgIpc) is 2.85. The molecule has 0 saturated carbocycles. The highest BCUT2D eigenvalue weighted by Crippen LogP contribution is 2.38. The van der Waals surface area contributed by atoms with Crippen molar-refractivity contribution in [1.29, 1.82) is 0 Å². The highest BCUT2D eigenvalue weighted by molar-refractivity contribution is 5.66. The predicted molar refractivity (Wildman–Crippen MR) is 67.4 cm³/mol. The number of hydrogen-bond donors (Lipinski definition) is 1. The van der Waals surface area contributed by atoms with E-state index in [0.29, 0.717) is 5.69 Å². The van der Waals surface area contributed by atoms with Crippen LogP contribution in [0.3, 0.4) is 0 Å². The van der Waals surface area contributed by atoms with E-state index in [0.717, 1.165) is 23.9 Å². The molecular formula is C14H13F3N2. The summed E-state index contributed by atoms with van der Waals surface area (Å²) in [5.74, 6) is 0. The Hall–Kier alpha value is -1.91. The van der Waals surface area contributed by atoms with Crippen LogP contribution >= 0.6 is 0 Å². The lowest BCUT2D eigenvalue weighted by Crippen LogP contribution is -2.21. The molecule has 5 heteroatoms. The molecule has 1 aromatic heterocycles. The first-order valence-corrected chi connectivity index (χ1v) is 6.16. The average molecular weight is 266 g/mol. The molecular weight excluding hydrogens is 253 g/mol. The maximum absolute atomic E-state index is 12.7. The molecule has 1 N–H and O–H groups in total. The van der Waals surface area contributed by atoms with Crippen molar-refractivity contribution in [2.24, 2.45) is 0 Å². The standard InChI is InChI=1S/C14H13F3N2/c1-2-10-12-4-3-7-19(12)13-6-5-9(14(15,16)17)8-11(13)18-10/h3-8,10,18H,2H2,1H3. The summed E-state index contributed by atoms with van der Waals surface area (Å²) in [5, 5.41) is 3.18. The monoisotopic (exact) mass is 266 g/mol. The van der Waals surface area contributed by atoms with E-state index in [4.69, 9.17) is 0 Å². The van der Waals surface area contributed by atoms with Crippen LogP contribution in [0.5, 0.6) is 0 Å². The van der Waals surface area contributed by atoms with Gasteiger partial charge in [-0.15, -0.1) is 0 Å². The quantitative estimate of drug-likeness (QED) is 0.810. The molecule has 0 amide bonds. The molecule has 1 aliphatic rings. The van der Waals surface area contributed by atoms with Crippen molar-refractivity contribution in [2.75, 3.05) is 5.32 Å². The van der Waals surface area contributed by atoms with E-state index in [1.165, 1.54) is 12.1 Å². The van der Waals surface area contributed by atoms with Crippen molar-refractivity contribution in [1.82, 2.24) is 4.57 Å². The van der Waals surface area contributed by atoms with E-state index in [9.17, 15) is 13.2 Å². The summed E-state index contributed by atoms with van der Waals surface area (Å²) >= 11 is 0. The Morgan fingerprint density at radius 2 is 2.05 bits per heavy atom. The Kier molecular flexibility index (Phi) is 2.59. The van der Waals surface area contributed by atoms with Gasteiger partial charge in [0.2, 0.25) is 0 Å². The number of hydrogen-bond acceptors (Lipinski definition) is 1. The van der Waals surface area contributed by atoms with Crippen molar-refractivity contribution in [2.45, 2.75) is 25.6 Å². The summed E-state index contributed by atoms with van der Waals surface area (Å²) in [6.45, 7) is 2.01. The van der Waals surface area contributed by atoms with E-state index >= 15 is 0 Å². The van der Waals surface area contributed by atoms with Crippen LogP contribution in [0.25, 0.3) is 5.69 Å². The van der Waals surface area contributed by atoms with Crippen LogP contribution < -0.4 is 5.32 Å².